The Morgan fingerprint density at radius 3 is 2.83 bits per heavy atom. The minimum atomic E-state index is -1.37. The number of aromatic amines is 1. The Morgan fingerprint density at radius 2 is 2.04 bits per heavy atom. The molecule has 0 spiro atoms. The summed E-state index contributed by atoms with van der Waals surface area (Å²) in [6, 6.07) is 9.33. The molecule has 7 nitrogen and oxygen atoms in total. The van der Waals surface area contributed by atoms with E-state index in [0.717, 1.165) is 0 Å². The van der Waals surface area contributed by atoms with Gasteiger partial charge in [-0.1, -0.05) is 0 Å². The molecule has 0 bridgehead atoms. The first-order valence-corrected chi connectivity index (χ1v) is 7.06. The number of H-pyrrole nitrogens is 1. The molecule has 0 radical (unpaired) electrons. The van der Waals surface area contributed by atoms with Crippen LogP contribution in [0.15, 0.2) is 51.9 Å². The zero-order chi connectivity index (χ0) is 16.8. The number of rotatable bonds is 2. The highest BCUT2D eigenvalue weighted by Crippen LogP contribution is 2.40. The summed E-state index contributed by atoms with van der Waals surface area (Å²) in [5, 5.41) is 12.0. The van der Waals surface area contributed by atoms with Crippen LogP contribution in [0.1, 0.15) is 10.5 Å². The summed E-state index contributed by atoms with van der Waals surface area (Å²) < 4.78 is 5.77. The quantitative estimate of drug-likeness (QED) is 0.423. The second-order valence-electron chi connectivity index (χ2n) is 5.30. The molecule has 0 unspecified atom stereocenters. The van der Waals surface area contributed by atoms with Crippen LogP contribution in [-0.4, -0.2) is 15.9 Å². The Morgan fingerprint density at radius 1 is 1.21 bits per heavy atom. The molecule has 2 aromatic rings. The SMILES string of the molecule is Nc1ccc2c(-c3nc[nH]c3C(=O)[O-])c3ccc(=O)cc-3oc2c1. The summed E-state index contributed by atoms with van der Waals surface area (Å²) in [6.07, 6.45) is 1.28. The van der Waals surface area contributed by atoms with Gasteiger partial charge in [0.15, 0.2) is 5.43 Å². The van der Waals surface area contributed by atoms with Gasteiger partial charge in [-0.25, -0.2) is 4.98 Å². The number of nitrogens with zero attached hydrogens (tertiary/aromatic N) is 1. The number of aromatic carboxylic acids is 1. The van der Waals surface area contributed by atoms with E-state index in [0.29, 0.717) is 33.5 Å². The van der Waals surface area contributed by atoms with Crippen molar-refractivity contribution in [3.63, 3.8) is 0 Å². The van der Waals surface area contributed by atoms with Gasteiger partial charge in [0.05, 0.1) is 23.7 Å². The van der Waals surface area contributed by atoms with Gasteiger partial charge in [0, 0.05) is 34.3 Å². The van der Waals surface area contributed by atoms with Gasteiger partial charge >= 0.3 is 0 Å². The summed E-state index contributed by atoms with van der Waals surface area (Å²) >= 11 is 0. The van der Waals surface area contributed by atoms with Crippen molar-refractivity contribution < 1.29 is 14.3 Å². The zero-order valence-corrected chi connectivity index (χ0v) is 12.2. The van der Waals surface area contributed by atoms with E-state index in [2.05, 4.69) is 9.97 Å². The van der Waals surface area contributed by atoms with E-state index in [-0.39, 0.29) is 16.8 Å². The number of carbonyl (C=O) groups excluding carboxylic acids is 1. The Kier molecular flexibility index (Phi) is 2.89. The average Bonchev–Trinajstić information content (AvgIpc) is 3.01. The highest BCUT2D eigenvalue weighted by atomic mass is 16.4. The van der Waals surface area contributed by atoms with Gasteiger partial charge in [-0.2, -0.15) is 0 Å². The fourth-order valence-electron chi connectivity index (χ4n) is 2.78. The molecule has 1 aliphatic heterocycles. The van der Waals surface area contributed by atoms with Crippen LogP contribution in [0.25, 0.3) is 33.6 Å². The molecule has 0 saturated heterocycles. The van der Waals surface area contributed by atoms with E-state index >= 15 is 0 Å². The third-order valence-corrected chi connectivity index (χ3v) is 3.80. The smallest absolute Gasteiger partial charge is 0.182 e. The number of aromatic nitrogens is 2. The summed E-state index contributed by atoms with van der Waals surface area (Å²) in [6.45, 7) is 0. The molecular weight excluding hydrogens is 310 g/mol. The molecule has 2 heterocycles. The highest BCUT2D eigenvalue weighted by Gasteiger charge is 2.21. The number of carboxylic acids is 1. The zero-order valence-electron chi connectivity index (χ0n) is 12.2. The van der Waals surface area contributed by atoms with E-state index in [9.17, 15) is 14.7 Å². The fourth-order valence-corrected chi connectivity index (χ4v) is 2.78. The first-order chi connectivity index (χ1) is 11.5. The summed E-state index contributed by atoms with van der Waals surface area (Å²) in [5.74, 6) is -1.05. The number of anilines is 1. The maximum absolute atomic E-state index is 11.6. The second-order valence-corrected chi connectivity index (χ2v) is 5.30. The largest absolute Gasteiger partial charge is 0.543 e. The van der Waals surface area contributed by atoms with Gasteiger partial charge in [-0.3, -0.25) is 4.79 Å². The number of benzene rings is 2. The first-order valence-electron chi connectivity index (χ1n) is 7.06. The monoisotopic (exact) mass is 320 g/mol. The van der Waals surface area contributed by atoms with Crippen molar-refractivity contribution in [2.24, 2.45) is 0 Å². The van der Waals surface area contributed by atoms with Crippen LogP contribution in [0.5, 0.6) is 0 Å². The van der Waals surface area contributed by atoms with E-state index < -0.39 is 5.97 Å². The van der Waals surface area contributed by atoms with Crippen molar-refractivity contribution >= 4 is 22.6 Å². The summed E-state index contributed by atoms with van der Waals surface area (Å²) in [7, 11) is 0. The van der Waals surface area contributed by atoms with E-state index in [1.165, 1.54) is 18.5 Å². The Bertz CT molecular complexity index is 1130. The molecule has 0 atom stereocenters. The molecule has 1 aliphatic carbocycles. The summed E-state index contributed by atoms with van der Waals surface area (Å²) in [4.78, 5) is 29.7. The Hall–Kier alpha value is -3.61. The van der Waals surface area contributed by atoms with Crippen LogP contribution in [0, 0.1) is 0 Å². The lowest BCUT2D eigenvalue weighted by Gasteiger charge is -2.15. The number of carboxylic acid groups (broad SMARTS) is 1. The van der Waals surface area contributed by atoms with Crippen molar-refractivity contribution in [2.75, 3.05) is 5.73 Å². The summed E-state index contributed by atoms with van der Waals surface area (Å²) in [5.41, 5.74) is 7.66. The van der Waals surface area contributed by atoms with Crippen LogP contribution >= 0.6 is 0 Å². The number of imidazole rings is 1. The van der Waals surface area contributed by atoms with Crippen molar-refractivity contribution in [3.8, 4) is 22.6 Å². The number of hydrogen-bond donors (Lipinski definition) is 2. The number of nitrogen functional groups attached to an aromatic ring is 1. The molecule has 0 amide bonds. The predicted molar refractivity (Wildman–Crippen MR) is 85.4 cm³/mol. The maximum atomic E-state index is 11.6. The molecule has 24 heavy (non-hydrogen) atoms. The predicted octanol–water partition coefficient (Wildman–Crippen LogP) is 1.23. The molecule has 1 aromatic heterocycles. The highest BCUT2D eigenvalue weighted by molar-refractivity contribution is 6.05. The van der Waals surface area contributed by atoms with Crippen LogP contribution in [-0.2, 0) is 0 Å². The second kappa shape index (κ2) is 4.95. The van der Waals surface area contributed by atoms with Gasteiger partial charge < -0.3 is 25.0 Å². The van der Waals surface area contributed by atoms with E-state index in [4.69, 9.17) is 10.2 Å². The third-order valence-electron chi connectivity index (χ3n) is 3.80. The standard InChI is InChI=1S/C17H11N3O4/c18-8-1-3-10-12(5-8)24-13-6-9(21)2-4-11(13)14(10)15-16(17(22)23)20-7-19-15/h1-7H,18H2,(H,19,20)(H,22,23)/p-1. The number of hydrogen-bond acceptors (Lipinski definition) is 6. The first kappa shape index (κ1) is 14.0. The molecule has 118 valence electrons. The Balaban J connectivity index is 2.21. The molecule has 1 aromatic carbocycles. The van der Waals surface area contributed by atoms with Gasteiger partial charge in [0.1, 0.15) is 11.3 Å². The van der Waals surface area contributed by atoms with Gasteiger partial charge in [0.2, 0.25) is 0 Å². The molecular formula is C17H10N3O4-. The van der Waals surface area contributed by atoms with Crippen LogP contribution in [0.4, 0.5) is 5.69 Å². The molecule has 0 saturated carbocycles. The van der Waals surface area contributed by atoms with Crippen molar-refractivity contribution in [3.05, 3.63) is 58.6 Å². The van der Waals surface area contributed by atoms with Crippen LogP contribution in [0.2, 0.25) is 0 Å². The lowest BCUT2D eigenvalue weighted by Crippen LogP contribution is -2.23. The van der Waals surface area contributed by atoms with Crippen LogP contribution in [0.3, 0.4) is 0 Å². The normalized spacial score (nSPS) is 11.2. The Labute approximate surface area is 134 Å². The fraction of sp³-hybridized carbons (Fsp3) is 0. The van der Waals surface area contributed by atoms with Gasteiger partial charge in [0.25, 0.3) is 0 Å². The third kappa shape index (κ3) is 2.03. The molecule has 4 rings (SSSR count). The number of fused-ring (bicyclic) bond motifs is 2. The van der Waals surface area contributed by atoms with Gasteiger partial charge in [-0.15, -0.1) is 0 Å². The van der Waals surface area contributed by atoms with Crippen LogP contribution < -0.4 is 16.3 Å². The van der Waals surface area contributed by atoms with Crippen molar-refractivity contribution in [2.45, 2.75) is 0 Å². The lowest BCUT2D eigenvalue weighted by molar-refractivity contribution is -0.255. The van der Waals surface area contributed by atoms with Crippen molar-refractivity contribution in [1.29, 1.82) is 0 Å². The average molecular weight is 320 g/mol. The van der Waals surface area contributed by atoms with E-state index in [1.54, 1.807) is 24.3 Å². The molecule has 3 N–H and O–H groups in total. The maximum Gasteiger partial charge on any atom is 0.182 e. The molecule has 7 heteroatoms. The van der Waals surface area contributed by atoms with Crippen molar-refractivity contribution in [1.82, 2.24) is 9.97 Å². The minimum Gasteiger partial charge on any atom is -0.543 e. The molecule has 0 fully saturated rings. The van der Waals surface area contributed by atoms with E-state index in [1.807, 2.05) is 0 Å². The minimum absolute atomic E-state index is 0.146. The molecule has 2 aliphatic rings. The number of nitrogens with two attached hydrogens (primary N) is 1. The number of carbonyl (C=O) groups is 1. The number of nitrogens with one attached hydrogen (secondary N) is 1. The lowest BCUT2D eigenvalue weighted by atomic mass is 9.96. The van der Waals surface area contributed by atoms with Gasteiger partial charge in [-0.05, 0) is 24.3 Å². The topological polar surface area (TPSA) is 125 Å².